The Labute approximate surface area is 65.9 Å². The number of hydrogen-bond acceptors (Lipinski definition) is 3. The summed E-state index contributed by atoms with van der Waals surface area (Å²) in [7, 11) is 1.62. The Morgan fingerprint density at radius 1 is 1.64 bits per heavy atom. The van der Waals surface area contributed by atoms with Crippen LogP contribution in [-0.2, 0) is 14.3 Å². The number of nitrogens with one attached hydrogen (secondary N) is 1. The maximum absolute atomic E-state index is 10.6. The molecular formula is C7H13NO3. The summed E-state index contributed by atoms with van der Waals surface area (Å²) in [5, 5.41) is 2.75. The first-order chi connectivity index (χ1) is 5.24. The molecule has 1 heterocycles. The van der Waals surface area contributed by atoms with Crippen molar-refractivity contribution in [3.63, 3.8) is 0 Å². The van der Waals surface area contributed by atoms with Crippen LogP contribution >= 0.6 is 0 Å². The Morgan fingerprint density at radius 3 is 2.91 bits per heavy atom. The van der Waals surface area contributed by atoms with Crippen LogP contribution in [0.25, 0.3) is 0 Å². The quantitative estimate of drug-likeness (QED) is 0.593. The van der Waals surface area contributed by atoms with Gasteiger partial charge in [-0.25, -0.2) is 0 Å². The van der Waals surface area contributed by atoms with E-state index >= 15 is 0 Å². The monoisotopic (exact) mass is 159 g/mol. The van der Waals surface area contributed by atoms with Crippen LogP contribution in [0.15, 0.2) is 0 Å². The minimum atomic E-state index is -0.0393. The van der Waals surface area contributed by atoms with Crippen molar-refractivity contribution < 1.29 is 14.3 Å². The first kappa shape index (κ1) is 8.49. The molecule has 1 N–H and O–H groups in total. The van der Waals surface area contributed by atoms with Gasteiger partial charge < -0.3 is 14.8 Å². The van der Waals surface area contributed by atoms with Gasteiger partial charge in [-0.1, -0.05) is 0 Å². The predicted octanol–water partition coefficient (Wildman–Crippen LogP) is -0.464. The van der Waals surface area contributed by atoms with E-state index in [1.54, 1.807) is 7.11 Å². The summed E-state index contributed by atoms with van der Waals surface area (Å²) in [6.07, 6.45) is 0.0129. The second-order valence-electron chi connectivity index (χ2n) is 2.62. The second-order valence-corrected chi connectivity index (χ2v) is 2.62. The van der Waals surface area contributed by atoms with E-state index in [4.69, 9.17) is 9.47 Å². The van der Waals surface area contributed by atoms with Crippen molar-refractivity contribution in [2.75, 3.05) is 20.3 Å². The van der Waals surface area contributed by atoms with Crippen LogP contribution in [0.4, 0.5) is 0 Å². The summed E-state index contributed by atoms with van der Waals surface area (Å²) < 4.78 is 10.2. The molecule has 4 nitrogen and oxygen atoms in total. The number of carbonyl (C=O) groups excluding carboxylic acids is 1. The highest BCUT2D eigenvalue weighted by Gasteiger charge is 2.28. The topological polar surface area (TPSA) is 47.6 Å². The maximum Gasteiger partial charge on any atom is 0.217 e. The van der Waals surface area contributed by atoms with Crippen LogP contribution in [-0.4, -0.2) is 38.4 Å². The van der Waals surface area contributed by atoms with Crippen molar-refractivity contribution in [3.8, 4) is 0 Å². The second kappa shape index (κ2) is 3.69. The molecule has 1 rings (SSSR count). The van der Waals surface area contributed by atoms with E-state index < -0.39 is 0 Å². The molecule has 0 saturated carbocycles. The number of rotatable bonds is 2. The maximum atomic E-state index is 10.6. The molecule has 1 fully saturated rings. The van der Waals surface area contributed by atoms with Crippen molar-refractivity contribution in [3.05, 3.63) is 0 Å². The van der Waals surface area contributed by atoms with E-state index in [9.17, 15) is 4.79 Å². The number of methoxy groups -OCH3 is 1. The number of hydrogen-bond donors (Lipinski definition) is 1. The fourth-order valence-electron chi connectivity index (χ4n) is 1.16. The number of amides is 1. The van der Waals surface area contributed by atoms with E-state index in [0.717, 1.165) is 0 Å². The van der Waals surface area contributed by atoms with Crippen LogP contribution < -0.4 is 5.32 Å². The van der Waals surface area contributed by atoms with E-state index in [2.05, 4.69) is 5.32 Å². The summed E-state index contributed by atoms with van der Waals surface area (Å²) in [4.78, 5) is 10.6. The molecule has 0 aromatic rings. The molecule has 0 aromatic heterocycles. The van der Waals surface area contributed by atoms with Gasteiger partial charge in [0.25, 0.3) is 0 Å². The van der Waals surface area contributed by atoms with Gasteiger partial charge in [0.05, 0.1) is 19.3 Å². The molecule has 0 radical (unpaired) electrons. The lowest BCUT2D eigenvalue weighted by Crippen LogP contribution is -2.42. The summed E-state index contributed by atoms with van der Waals surface area (Å²) in [6, 6.07) is 0.0255. The molecule has 1 saturated heterocycles. The smallest absolute Gasteiger partial charge is 0.217 e. The van der Waals surface area contributed by atoms with Gasteiger partial charge in [0.1, 0.15) is 6.10 Å². The van der Waals surface area contributed by atoms with Crippen molar-refractivity contribution in [1.82, 2.24) is 5.32 Å². The Bertz CT molecular complexity index is 149. The highest BCUT2D eigenvalue weighted by atomic mass is 16.5. The van der Waals surface area contributed by atoms with Crippen molar-refractivity contribution in [2.24, 2.45) is 0 Å². The van der Waals surface area contributed by atoms with Crippen LogP contribution in [0.2, 0.25) is 0 Å². The molecule has 0 aliphatic carbocycles. The molecule has 1 aliphatic heterocycles. The molecule has 11 heavy (non-hydrogen) atoms. The largest absolute Gasteiger partial charge is 0.377 e. The minimum Gasteiger partial charge on any atom is -0.377 e. The van der Waals surface area contributed by atoms with Crippen molar-refractivity contribution in [1.29, 1.82) is 0 Å². The average molecular weight is 159 g/mol. The molecule has 0 spiro atoms. The van der Waals surface area contributed by atoms with Gasteiger partial charge in [0, 0.05) is 14.0 Å². The van der Waals surface area contributed by atoms with E-state index in [0.29, 0.717) is 13.2 Å². The first-order valence-corrected chi connectivity index (χ1v) is 3.61. The van der Waals surface area contributed by atoms with Gasteiger partial charge in [0.2, 0.25) is 5.91 Å². The zero-order valence-electron chi connectivity index (χ0n) is 6.79. The Balaban J connectivity index is 2.37. The van der Waals surface area contributed by atoms with Gasteiger partial charge in [0.15, 0.2) is 0 Å². The number of ether oxygens (including phenoxy) is 2. The fraction of sp³-hybridized carbons (Fsp3) is 0.857. The van der Waals surface area contributed by atoms with Gasteiger partial charge >= 0.3 is 0 Å². The first-order valence-electron chi connectivity index (χ1n) is 3.61. The minimum absolute atomic E-state index is 0.0129. The summed E-state index contributed by atoms with van der Waals surface area (Å²) in [5.41, 5.74) is 0. The zero-order valence-corrected chi connectivity index (χ0v) is 6.79. The number of carbonyl (C=O) groups is 1. The molecule has 4 heteroatoms. The fourth-order valence-corrected chi connectivity index (χ4v) is 1.16. The van der Waals surface area contributed by atoms with Gasteiger partial charge in [-0.2, -0.15) is 0 Å². The Hall–Kier alpha value is -0.610. The molecule has 0 bridgehead atoms. The molecule has 0 aromatic carbocycles. The average Bonchev–Trinajstić information content (AvgIpc) is 2.34. The molecule has 2 atom stereocenters. The van der Waals surface area contributed by atoms with E-state index in [1.807, 2.05) is 0 Å². The van der Waals surface area contributed by atoms with E-state index in [-0.39, 0.29) is 18.1 Å². The normalized spacial score (nSPS) is 30.4. The Morgan fingerprint density at radius 2 is 2.36 bits per heavy atom. The molecule has 64 valence electrons. The highest BCUT2D eigenvalue weighted by Crippen LogP contribution is 2.08. The third-order valence-electron chi connectivity index (χ3n) is 1.72. The molecule has 0 unspecified atom stereocenters. The third kappa shape index (κ3) is 2.17. The third-order valence-corrected chi connectivity index (χ3v) is 1.72. The standard InChI is InChI=1S/C7H13NO3/c1-5(9)8-6-3-11-4-7(6)10-2/h6-7H,3-4H2,1-2H3,(H,8,9)/t6-,7-/m0/s1. The summed E-state index contributed by atoms with van der Waals surface area (Å²) in [5.74, 6) is -0.0393. The SMILES string of the molecule is CO[C@H]1COC[C@@H]1NC(C)=O. The van der Waals surface area contributed by atoms with Crippen LogP contribution in [0.3, 0.4) is 0 Å². The van der Waals surface area contributed by atoms with Gasteiger partial charge in [-0.05, 0) is 0 Å². The van der Waals surface area contributed by atoms with Gasteiger partial charge in [-0.3, -0.25) is 4.79 Å². The van der Waals surface area contributed by atoms with E-state index in [1.165, 1.54) is 6.92 Å². The van der Waals surface area contributed by atoms with Crippen LogP contribution in [0, 0.1) is 0 Å². The Kier molecular flexibility index (Phi) is 2.84. The molecular weight excluding hydrogens is 146 g/mol. The highest BCUT2D eigenvalue weighted by molar-refractivity contribution is 5.73. The lowest BCUT2D eigenvalue weighted by molar-refractivity contribution is -0.120. The van der Waals surface area contributed by atoms with Gasteiger partial charge in [-0.15, -0.1) is 0 Å². The lowest BCUT2D eigenvalue weighted by Gasteiger charge is -2.15. The van der Waals surface area contributed by atoms with Crippen molar-refractivity contribution in [2.45, 2.75) is 19.1 Å². The summed E-state index contributed by atoms with van der Waals surface area (Å²) >= 11 is 0. The van der Waals surface area contributed by atoms with Crippen molar-refractivity contribution >= 4 is 5.91 Å². The zero-order chi connectivity index (χ0) is 8.27. The predicted molar refractivity (Wildman–Crippen MR) is 39.2 cm³/mol. The van der Waals surface area contributed by atoms with Crippen LogP contribution in [0.1, 0.15) is 6.92 Å². The van der Waals surface area contributed by atoms with Crippen LogP contribution in [0.5, 0.6) is 0 Å². The summed E-state index contributed by atoms with van der Waals surface area (Å²) in [6.45, 7) is 2.62. The molecule has 1 amide bonds. The lowest BCUT2D eigenvalue weighted by atomic mass is 10.2. The molecule has 1 aliphatic rings.